The molecular weight excluding hydrogens is 258 g/mol. The van der Waals surface area contributed by atoms with Crippen molar-refractivity contribution in [1.82, 2.24) is 4.90 Å². The number of hydrogen-bond donors (Lipinski definition) is 0. The molecule has 1 fully saturated rings. The first-order valence-corrected chi connectivity index (χ1v) is 6.15. The zero-order chi connectivity index (χ0) is 14.4. The maximum atomic E-state index is 11.9. The van der Waals surface area contributed by atoms with E-state index in [0.717, 1.165) is 0 Å². The van der Waals surface area contributed by atoms with Crippen molar-refractivity contribution in [3.63, 3.8) is 0 Å². The lowest BCUT2D eigenvalue weighted by Gasteiger charge is -2.29. The molecule has 0 aromatic heterocycles. The standard InChI is InChI=1S/C14H13N3O3/c15-7-11-1-3-12(4-2-11)20-10-14(18)17-5-6-19-13(8-16)9-17/h1-4,13H,5-6,9-10H2. The molecule has 0 saturated carbocycles. The van der Waals surface area contributed by atoms with Crippen molar-refractivity contribution in [2.45, 2.75) is 6.10 Å². The fraction of sp³-hybridized carbons (Fsp3) is 0.357. The summed E-state index contributed by atoms with van der Waals surface area (Å²) in [5, 5.41) is 17.5. The first-order valence-electron chi connectivity index (χ1n) is 6.15. The van der Waals surface area contributed by atoms with Crippen molar-refractivity contribution in [1.29, 1.82) is 10.5 Å². The molecule has 1 amide bonds. The van der Waals surface area contributed by atoms with E-state index in [4.69, 9.17) is 20.0 Å². The number of nitriles is 2. The van der Waals surface area contributed by atoms with Crippen LogP contribution in [-0.2, 0) is 9.53 Å². The minimum Gasteiger partial charge on any atom is -0.484 e. The normalized spacial score (nSPS) is 17.9. The number of hydrogen-bond acceptors (Lipinski definition) is 5. The lowest BCUT2D eigenvalue weighted by Crippen LogP contribution is -2.46. The van der Waals surface area contributed by atoms with Gasteiger partial charge >= 0.3 is 0 Å². The van der Waals surface area contributed by atoms with E-state index in [1.165, 1.54) is 0 Å². The van der Waals surface area contributed by atoms with Gasteiger partial charge in [-0.15, -0.1) is 0 Å². The largest absolute Gasteiger partial charge is 0.484 e. The number of nitrogens with zero attached hydrogens (tertiary/aromatic N) is 3. The Kier molecular flexibility index (Phi) is 4.54. The fourth-order valence-corrected chi connectivity index (χ4v) is 1.82. The van der Waals surface area contributed by atoms with Crippen molar-refractivity contribution in [2.75, 3.05) is 26.3 Å². The van der Waals surface area contributed by atoms with Crippen molar-refractivity contribution < 1.29 is 14.3 Å². The second-order valence-corrected chi connectivity index (χ2v) is 4.25. The van der Waals surface area contributed by atoms with Crippen molar-refractivity contribution >= 4 is 5.91 Å². The zero-order valence-electron chi connectivity index (χ0n) is 10.8. The molecule has 0 radical (unpaired) electrons. The maximum Gasteiger partial charge on any atom is 0.260 e. The van der Waals surface area contributed by atoms with Gasteiger partial charge in [-0.05, 0) is 24.3 Å². The Morgan fingerprint density at radius 3 is 2.80 bits per heavy atom. The number of amides is 1. The van der Waals surface area contributed by atoms with Gasteiger partial charge in [-0.1, -0.05) is 0 Å². The number of benzene rings is 1. The third-order valence-corrected chi connectivity index (χ3v) is 2.91. The van der Waals surface area contributed by atoms with E-state index in [1.54, 1.807) is 29.2 Å². The van der Waals surface area contributed by atoms with Gasteiger partial charge in [0.2, 0.25) is 0 Å². The van der Waals surface area contributed by atoms with Gasteiger partial charge in [0.25, 0.3) is 5.91 Å². The molecule has 1 aliphatic rings. The first kappa shape index (κ1) is 13.9. The summed E-state index contributed by atoms with van der Waals surface area (Å²) in [5.74, 6) is 0.348. The molecular formula is C14H13N3O3. The van der Waals surface area contributed by atoms with Crippen LogP contribution in [0.3, 0.4) is 0 Å². The lowest BCUT2D eigenvalue weighted by molar-refractivity contribution is -0.139. The van der Waals surface area contributed by atoms with E-state index in [1.807, 2.05) is 12.1 Å². The number of morpholine rings is 1. The second kappa shape index (κ2) is 6.55. The molecule has 1 aliphatic heterocycles. The number of carbonyl (C=O) groups excluding carboxylic acids is 1. The molecule has 1 aromatic rings. The average Bonchev–Trinajstić information content (AvgIpc) is 2.53. The van der Waals surface area contributed by atoms with Gasteiger partial charge in [0, 0.05) is 6.54 Å². The van der Waals surface area contributed by atoms with Gasteiger partial charge in [-0.2, -0.15) is 10.5 Å². The third-order valence-electron chi connectivity index (χ3n) is 2.91. The van der Waals surface area contributed by atoms with Crippen molar-refractivity contribution in [3.05, 3.63) is 29.8 Å². The molecule has 1 saturated heterocycles. The van der Waals surface area contributed by atoms with Gasteiger partial charge in [-0.25, -0.2) is 0 Å². The Balaban J connectivity index is 1.85. The van der Waals surface area contributed by atoms with Crippen LogP contribution in [0.4, 0.5) is 0 Å². The number of rotatable bonds is 3. The predicted molar refractivity (Wildman–Crippen MR) is 68.6 cm³/mol. The molecule has 102 valence electrons. The monoisotopic (exact) mass is 271 g/mol. The lowest BCUT2D eigenvalue weighted by atomic mass is 10.2. The zero-order valence-corrected chi connectivity index (χ0v) is 10.8. The fourth-order valence-electron chi connectivity index (χ4n) is 1.82. The van der Waals surface area contributed by atoms with Crippen LogP contribution < -0.4 is 4.74 Å². The highest BCUT2D eigenvalue weighted by atomic mass is 16.5. The minimum absolute atomic E-state index is 0.0932. The van der Waals surface area contributed by atoms with Crippen LogP contribution >= 0.6 is 0 Å². The van der Waals surface area contributed by atoms with E-state index in [0.29, 0.717) is 24.5 Å². The summed E-state index contributed by atoms with van der Waals surface area (Å²) in [5.41, 5.74) is 0.536. The molecule has 0 bridgehead atoms. The second-order valence-electron chi connectivity index (χ2n) is 4.25. The van der Waals surface area contributed by atoms with Gasteiger partial charge in [0.15, 0.2) is 12.7 Å². The summed E-state index contributed by atoms with van der Waals surface area (Å²) in [4.78, 5) is 13.5. The smallest absolute Gasteiger partial charge is 0.260 e. The molecule has 6 heteroatoms. The van der Waals surface area contributed by atoms with Gasteiger partial charge in [0.1, 0.15) is 5.75 Å². The Hall–Kier alpha value is -2.57. The van der Waals surface area contributed by atoms with E-state index in [2.05, 4.69) is 0 Å². The highest BCUT2D eigenvalue weighted by Crippen LogP contribution is 2.12. The maximum absolute atomic E-state index is 11.9. The number of carbonyl (C=O) groups is 1. The number of ether oxygens (including phenoxy) is 2. The minimum atomic E-state index is -0.567. The molecule has 0 aliphatic carbocycles. The van der Waals surface area contributed by atoms with Crippen LogP contribution in [0, 0.1) is 22.7 Å². The molecule has 0 N–H and O–H groups in total. The average molecular weight is 271 g/mol. The van der Waals surface area contributed by atoms with E-state index in [9.17, 15) is 4.79 Å². The summed E-state index contributed by atoms with van der Waals surface area (Å²) in [6, 6.07) is 10.5. The van der Waals surface area contributed by atoms with Crippen LogP contribution in [0.1, 0.15) is 5.56 Å². The Morgan fingerprint density at radius 1 is 1.40 bits per heavy atom. The van der Waals surface area contributed by atoms with Crippen molar-refractivity contribution in [3.8, 4) is 17.9 Å². The summed E-state index contributed by atoms with van der Waals surface area (Å²) >= 11 is 0. The van der Waals surface area contributed by atoms with Gasteiger partial charge in [0.05, 0.1) is 30.9 Å². The van der Waals surface area contributed by atoms with Crippen LogP contribution in [0.2, 0.25) is 0 Å². The molecule has 1 aromatic carbocycles. The predicted octanol–water partition coefficient (Wildman–Crippen LogP) is 0.688. The molecule has 2 rings (SSSR count). The summed E-state index contributed by atoms with van der Waals surface area (Å²) in [6.45, 7) is 1.00. The first-order chi connectivity index (χ1) is 9.72. The molecule has 1 unspecified atom stereocenters. The highest BCUT2D eigenvalue weighted by Gasteiger charge is 2.24. The molecule has 1 atom stereocenters. The molecule has 6 nitrogen and oxygen atoms in total. The SMILES string of the molecule is N#Cc1ccc(OCC(=O)N2CCOC(C#N)C2)cc1. The van der Waals surface area contributed by atoms with Crippen LogP contribution in [0.15, 0.2) is 24.3 Å². The molecule has 20 heavy (non-hydrogen) atoms. The third kappa shape index (κ3) is 3.47. The molecule has 1 heterocycles. The van der Waals surface area contributed by atoms with E-state index >= 15 is 0 Å². The van der Waals surface area contributed by atoms with E-state index < -0.39 is 6.10 Å². The van der Waals surface area contributed by atoms with E-state index in [-0.39, 0.29) is 19.1 Å². The van der Waals surface area contributed by atoms with Crippen LogP contribution in [0.5, 0.6) is 5.75 Å². The summed E-state index contributed by atoms with van der Waals surface area (Å²) < 4.78 is 10.5. The van der Waals surface area contributed by atoms with Crippen LogP contribution in [0.25, 0.3) is 0 Å². The quantitative estimate of drug-likeness (QED) is 0.807. The summed E-state index contributed by atoms with van der Waals surface area (Å²) in [7, 11) is 0. The highest BCUT2D eigenvalue weighted by molar-refractivity contribution is 5.78. The topological polar surface area (TPSA) is 86.3 Å². The Morgan fingerprint density at radius 2 is 2.15 bits per heavy atom. The van der Waals surface area contributed by atoms with Crippen LogP contribution in [-0.4, -0.2) is 43.2 Å². The van der Waals surface area contributed by atoms with Crippen molar-refractivity contribution in [2.24, 2.45) is 0 Å². The van der Waals surface area contributed by atoms with Gasteiger partial charge in [-0.3, -0.25) is 4.79 Å². The summed E-state index contributed by atoms with van der Waals surface area (Å²) in [6.07, 6.45) is -0.567. The Labute approximate surface area is 116 Å². The Bertz CT molecular complexity index is 557. The van der Waals surface area contributed by atoms with Gasteiger partial charge < -0.3 is 14.4 Å². The molecule has 0 spiro atoms.